The van der Waals surface area contributed by atoms with Gasteiger partial charge in [-0.15, -0.1) is 4.91 Å². The lowest BCUT2D eigenvalue weighted by molar-refractivity contribution is -0.170. The molecule has 0 spiro atoms. The number of nitrogens with one attached hydrogen (secondary N) is 1. The summed E-state index contributed by atoms with van der Waals surface area (Å²) in [5.74, 6) is -5.35. The predicted octanol–water partition coefficient (Wildman–Crippen LogP) is 4.84. The van der Waals surface area contributed by atoms with Crippen molar-refractivity contribution in [3.05, 3.63) is 63.0 Å². The van der Waals surface area contributed by atoms with E-state index < -0.39 is 36.4 Å². The van der Waals surface area contributed by atoms with Crippen LogP contribution in [0.25, 0.3) is 0 Å². The van der Waals surface area contributed by atoms with Crippen LogP contribution in [0.2, 0.25) is 10.0 Å². The van der Waals surface area contributed by atoms with Crippen LogP contribution in [0.3, 0.4) is 0 Å². The van der Waals surface area contributed by atoms with Crippen LogP contribution < -0.4 is 5.32 Å². The quantitative estimate of drug-likeness (QED) is 0.104. The second-order valence-corrected chi connectivity index (χ2v) is 12.2. The number of para-hydroxylation sites is 2. The monoisotopic (exact) mass is 673 g/mol. The highest BCUT2D eigenvalue weighted by Crippen LogP contribution is 2.39. The lowest BCUT2D eigenvalue weighted by Gasteiger charge is -2.37. The zero-order chi connectivity index (χ0) is 32.9. The van der Waals surface area contributed by atoms with Gasteiger partial charge in [0.05, 0.1) is 41.6 Å². The Morgan fingerprint density at radius 1 is 1.00 bits per heavy atom. The normalized spacial score (nSPS) is 14.5. The van der Waals surface area contributed by atoms with Crippen molar-refractivity contribution in [1.82, 2.24) is 4.90 Å². The van der Waals surface area contributed by atoms with E-state index in [1.54, 1.807) is 18.2 Å². The van der Waals surface area contributed by atoms with Gasteiger partial charge in [-0.1, -0.05) is 47.5 Å². The number of likely N-dealkylation sites (tertiary alicyclic amines) is 1. The number of piperidine rings is 1. The number of nitroso groups, excluding NO2 is 1. The molecule has 0 aromatic heterocycles. The molecule has 240 valence electrons. The van der Waals surface area contributed by atoms with E-state index in [9.17, 15) is 24.1 Å². The fraction of sp³-hybridized carbons (Fsp3) is 0.429. The fourth-order valence-electron chi connectivity index (χ4n) is 4.31. The summed E-state index contributed by atoms with van der Waals surface area (Å²) in [4.78, 5) is 56.1. The maximum atomic E-state index is 12.5. The van der Waals surface area contributed by atoms with Crippen molar-refractivity contribution in [3.8, 4) is 0 Å². The van der Waals surface area contributed by atoms with Crippen LogP contribution in [0.5, 0.6) is 0 Å². The van der Waals surface area contributed by atoms with Crippen LogP contribution in [-0.4, -0.2) is 86.3 Å². The maximum absolute atomic E-state index is 12.5. The molecule has 0 bridgehead atoms. The molecule has 1 heterocycles. The topological polar surface area (TPSA) is 203 Å². The number of nitrogens with zero attached hydrogens (tertiary/aromatic N) is 2. The number of carbonyl (C=O) groups is 4. The highest BCUT2D eigenvalue weighted by atomic mass is 35.5. The number of halogens is 2. The SMILES string of the molecule is CN1CCC(CCOC(=O)Cc2ccccc2Nc2c(Cl)cccc2Cl)(SN=O)CC1.O=C(O)CC(O)(CC(=O)O)C(=O)O. The molecule has 44 heavy (non-hydrogen) atoms. The average molecular weight is 675 g/mol. The van der Waals surface area contributed by atoms with Gasteiger partial charge in [-0.2, -0.15) is 0 Å². The van der Waals surface area contributed by atoms with Gasteiger partial charge in [-0.05, 0) is 63.2 Å². The van der Waals surface area contributed by atoms with Crippen molar-refractivity contribution >= 4 is 70.4 Å². The molecule has 16 heteroatoms. The van der Waals surface area contributed by atoms with Gasteiger partial charge in [0.25, 0.3) is 0 Å². The Kier molecular flexibility index (Phi) is 14.3. The first-order chi connectivity index (χ1) is 20.7. The number of esters is 1. The molecule has 2 aromatic rings. The molecular weight excluding hydrogens is 641 g/mol. The lowest BCUT2D eigenvalue weighted by atomic mass is 9.93. The van der Waals surface area contributed by atoms with Gasteiger partial charge in [0.15, 0.2) is 5.60 Å². The number of aliphatic carboxylic acids is 3. The molecule has 0 amide bonds. The minimum atomic E-state index is -2.74. The second kappa shape index (κ2) is 17.2. The Hall–Kier alpha value is -3.43. The summed E-state index contributed by atoms with van der Waals surface area (Å²) in [7, 11) is 2.06. The van der Waals surface area contributed by atoms with E-state index in [0.29, 0.717) is 22.2 Å². The van der Waals surface area contributed by atoms with Gasteiger partial charge in [0, 0.05) is 27.0 Å². The largest absolute Gasteiger partial charge is 0.481 e. The second-order valence-electron chi connectivity index (χ2n) is 10.2. The number of anilines is 2. The van der Waals surface area contributed by atoms with Crippen LogP contribution in [-0.2, 0) is 30.3 Å². The van der Waals surface area contributed by atoms with Gasteiger partial charge >= 0.3 is 23.9 Å². The first-order valence-corrected chi connectivity index (χ1v) is 14.8. The van der Waals surface area contributed by atoms with Crippen molar-refractivity contribution < 1.29 is 44.3 Å². The molecule has 0 atom stereocenters. The van der Waals surface area contributed by atoms with E-state index in [1.165, 1.54) is 0 Å². The minimum Gasteiger partial charge on any atom is -0.481 e. The molecule has 1 aliphatic heterocycles. The number of hydrogen-bond acceptors (Lipinski definition) is 11. The van der Waals surface area contributed by atoms with Crippen LogP contribution in [0.15, 0.2) is 47.0 Å². The highest BCUT2D eigenvalue weighted by Gasteiger charge is 2.41. The third-order valence-corrected chi connectivity index (χ3v) is 8.51. The molecule has 0 saturated carbocycles. The molecule has 1 saturated heterocycles. The first-order valence-electron chi connectivity index (χ1n) is 13.2. The number of carboxylic acid groups (broad SMARTS) is 3. The molecule has 0 aliphatic carbocycles. The van der Waals surface area contributed by atoms with Crippen molar-refractivity contribution in [2.75, 3.05) is 32.1 Å². The van der Waals surface area contributed by atoms with Crippen molar-refractivity contribution in [3.63, 3.8) is 0 Å². The molecular formula is C28H33Cl2N3O10S. The first kappa shape index (κ1) is 36.8. The summed E-state index contributed by atoms with van der Waals surface area (Å²) >= 11 is 13.6. The van der Waals surface area contributed by atoms with E-state index in [0.717, 1.165) is 49.1 Å². The number of aliphatic hydroxyl groups is 1. The Labute approximate surface area is 267 Å². The van der Waals surface area contributed by atoms with Gasteiger partial charge in [-0.3, -0.25) is 14.4 Å². The smallest absolute Gasteiger partial charge is 0.336 e. The van der Waals surface area contributed by atoms with E-state index in [2.05, 4.69) is 21.8 Å². The summed E-state index contributed by atoms with van der Waals surface area (Å²) in [5, 5.41) is 38.0. The number of carbonyl (C=O) groups excluding carboxylic acids is 1. The number of hydrogen-bond donors (Lipinski definition) is 5. The molecule has 0 unspecified atom stereocenters. The van der Waals surface area contributed by atoms with Gasteiger partial charge in [0.1, 0.15) is 0 Å². The van der Waals surface area contributed by atoms with Crippen LogP contribution in [0.1, 0.15) is 37.7 Å². The molecule has 0 radical (unpaired) electrons. The van der Waals surface area contributed by atoms with Crippen molar-refractivity contribution in [1.29, 1.82) is 0 Å². The van der Waals surface area contributed by atoms with Gasteiger partial charge in [0.2, 0.25) is 0 Å². The molecule has 3 rings (SSSR count). The molecule has 5 N–H and O–H groups in total. The van der Waals surface area contributed by atoms with Crippen molar-refractivity contribution in [2.45, 2.75) is 48.9 Å². The molecule has 2 aromatic carbocycles. The van der Waals surface area contributed by atoms with Crippen molar-refractivity contribution in [2.24, 2.45) is 4.58 Å². The Morgan fingerprint density at radius 2 is 1.57 bits per heavy atom. The summed E-state index contributed by atoms with van der Waals surface area (Å²) in [5.41, 5.74) is -0.630. The molecule has 1 fully saturated rings. The van der Waals surface area contributed by atoms with Crippen LogP contribution >= 0.6 is 35.1 Å². The van der Waals surface area contributed by atoms with Gasteiger partial charge < -0.3 is 35.4 Å². The zero-order valence-electron chi connectivity index (χ0n) is 23.7. The Bertz CT molecular complexity index is 1300. The minimum absolute atomic E-state index is 0.111. The lowest BCUT2D eigenvalue weighted by Crippen LogP contribution is -2.42. The van der Waals surface area contributed by atoms with E-state index >= 15 is 0 Å². The van der Waals surface area contributed by atoms with E-state index in [4.69, 9.17) is 48.4 Å². The number of ether oxygens (including phenoxy) is 1. The third-order valence-electron chi connectivity index (χ3n) is 6.81. The van der Waals surface area contributed by atoms with E-state index in [-0.39, 0.29) is 23.7 Å². The van der Waals surface area contributed by atoms with E-state index in [1.807, 2.05) is 24.3 Å². The fourth-order valence-corrected chi connectivity index (χ4v) is 5.50. The van der Waals surface area contributed by atoms with Crippen LogP contribution in [0, 0.1) is 4.91 Å². The summed E-state index contributed by atoms with van der Waals surface area (Å²) in [6.07, 6.45) is 0.132. The Balaban J connectivity index is 0.000000439. The third kappa shape index (κ3) is 11.6. The maximum Gasteiger partial charge on any atom is 0.336 e. The number of carboxylic acids is 3. The zero-order valence-corrected chi connectivity index (χ0v) is 26.0. The Morgan fingerprint density at radius 3 is 2.09 bits per heavy atom. The molecule has 13 nitrogen and oxygen atoms in total. The van der Waals surface area contributed by atoms with Crippen LogP contribution in [0.4, 0.5) is 11.4 Å². The standard InChI is InChI=1S/C22H25Cl2N3O3S.C6H8O7/c1-27-12-9-22(10-13-27,31-26-29)11-14-30-20(28)15-16-5-2-3-8-19(16)25-21-17(23)6-4-7-18(21)24;7-3(8)1-6(13,5(11)12)2-4(9)10/h2-8,25H,9-15H2,1H3;13H,1-2H2,(H,7,8)(H,9,10)(H,11,12). The predicted molar refractivity (Wildman–Crippen MR) is 165 cm³/mol. The van der Waals surface area contributed by atoms with Gasteiger partial charge in [-0.25, -0.2) is 4.79 Å². The average Bonchev–Trinajstić information content (AvgIpc) is 2.93. The highest BCUT2D eigenvalue weighted by molar-refractivity contribution is 7.99. The summed E-state index contributed by atoms with van der Waals surface area (Å²) in [6.45, 7) is 2.07. The number of benzene rings is 2. The summed E-state index contributed by atoms with van der Waals surface area (Å²) < 4.78 is 8.32. The number of rotatable bonds is 14. The molecule has 1 aliphatic rings. The summed E-state index contributed by atoms with van der Waals surface area (Å²) in [6, 6.07) is 12.7.